The summed E-state index contributed by atoms with van der Waals surface area (Å²) in [6.45, 7) is 0. The normalized spacial score (nSPS) is 10.9. The largest absolute Gasteiger partial charge is 0.393 e. The van der Waals surface area contributed by atoms with E-state index in [1.165, 1.54) is 6.08 Å². The van der Waals surface area contributed by atoms with Crippen LogP contribution in [0.2, 0.25) is 0 Å². The first-order valence-corrected chi connectivity index (χ1v) is 5.20. The topological polar surface area (TPSA) is 69.2 Å². The zero-order valence-electron chi connectivity index (χ0n) is 8.39. The molecule has 6 heteroatoms. The third kappa shape index (κ3) is 2.96. The van der Waals surface area contributed by atoms with Crippen molar-refractivity contribution in [2.24, 2.45) is 0 Å². The molecule has 86 valence electrons. The second kappa shape index (κ2) is 5.50. The van der Waals surface area contributed by atoms with E-state index >= 15 is 0 Å². The molecule has 0 fully saturated rings. The summed E-state index contributed by atoms with van der Waals surface area (Å²) in [5.74, 6) is 0.0633. The van der Waals surface area contributed by atoms with Gasteiger partial charge in [0, 0.05) is 17.7 Å². The van der Waals surface area contributed by atoms with Crippen LogP contribution in [0.15, 0.2) is 18.2 Å². The lowest BCUT2D eigenvalue weighted by atomic mass is 10.1. The molecule has 0 amide bonds. The van der Waals surface area contributed by atoms with E-state index in [4.69, 9.17) is 5.73 Å². The number of anilines is 1. The summed E-state index contributed by atoms with van der Waals surface area (Å²) in [5, 5.41) is 10.6. The van der Waals surface area contributed by atoms with Gasteiger partial charge >= 0.3 is 0 Å². The molecule has 0 radical (unpaired) electrons. The van der Waals surface area contributed by atoms with Gasteiger partial charge in [-0.1, -0.05) is 12.2 Å². The van der Waals surface area contributed by atoms with Crippen LogP contribution in [0.25, 0.3) is 6.08 Å². The number of rotatable bonds is 4. The number of nitro groups is 1. The van der Waals surface area contributed by atoms with E-state index in [0.29, 0.717) is 12.2 Å². The second-order valence-electron chi connectivity index (χ2n) is 3.10. The van der Waals surface area contributed by atoms with Crippen molar-refractivity contribution in [2.75, 3.05) is 11.5 Å². The van der Waals surface area contributed by atoms with Crippen LogP contribution >= 0.6 is 12.6 Å². The first-order chi connectivity index (χ1) is 7.56. The fraction of sp³-hybridized carbons (Fsp3) is 0.200. The second-order valence-corrected chi connectivity index (χ2v) is 3.55. The van der Waals surface area contributed by atoms with E-state index in [9.17, 15) is 14.5 Å². The first-order valence-electron chi connectivity index (χ1n) is 4.57. The number of allylic oxidation sites excluding steroid dienone is 1. The minimum Gasteiger partial charge on any atom is -0.393 e. The Labute approximate surface area is 97.5 Å². The van der Waals surface area contributed by atoms with Gasteiger partial charge in [-0.05, 0) is 12.2 Å². The quantitative estimate of drug-likeness (QED) is 0.369. The van der Waals surface area contributed by atoms with Gasteiger partial charge in [0.05, 0.1) is 4.92 Å². The molecule has 1 aromatic carbocycles. The highest BCUT2D eigenvalue weighted by atomic mass is 32.1. The molecule has 1 aromatic rings. The molecule has 16 heavy (non-hydrogen) atoms. The van der Waals surface area contributed by atoms with Crippen LogP contribution < -0.4 is 5.73 Å². The minimum absolute atomic E-state index is 0.155. The Hall–Kier alpha value is -1.56. The molecular formula is C10H11FN2O2S. The molecule has 0 spiro atoms. The van der Waals surface area contributed by atoms with Crippen LogP contribution in [0.5, 0.6) is 0 Å². The van der Waals surface area contributed by atoms with Gasteiger partial charge in [-0.2, -0.15) is 12.6 Å². The number of nitrogen functional groups attached to an aromatic ring is 1. The smallest absolute Gasteiger partial charge is 0.292 e. The molecule has 0 saturated carbocycles. The van der Waals surface area contributed by atoms with Gasteiger partial charge in [0.2, 0.25) is 0 Å². The van der Waals surface area contributed by atoms with Crippen LogP contribution in [0.1, 0.15) is 12.0 Å². The van der Waals surface area contributed by atoms with Crippen molar-refractivity contribution in [3.63, 3.8) is 0 Å². The lowest BCUT2D eigenvalue weighted by molar-refractivity contribution is -0.383. The van der Waals surface area contributed by atoms with E-state index in [-0.39, 0.29) is 16.9 Å². The van der Waals surface area contributed by atoms with Gasteiger partial charge in [0.25, 0.3) is 5.69 Å². The van der Waals surface area contributed by atoms with Crippen molar-refractivity contribution in [1.29, 1.82) is 0 Å². The molecule has 0 bridgehead atoms. The lowest BCUT2D eigenvalue weighted by Gasteiger charge is -2.00. The van der Waals surface area contributed by atoms with Crippen molar-refractivity contribution >= 4 is 30.1 Å². The fourth-order valence-electron chi connectivity index (χ4n) is 1.16. The van der Waals surface area contributed by atoms with E-state index < -0.39 is 10.7 Å². The molecule has 0 aromatic heterocycles. The molecule has 0 saturated heterocycles. The van der Waals surface area contributed by atoms with Gasteiger partial charge < -0.3 is 5.73 Å². The summed E-state index contributed by atoms with van der Waals surface area (Å²) in [6, 6.07) is 2.08. The van der Waals surface area contributed by atoms with Gasteiger partial charge in [0.1, 0.15) is 11.5 Å². The maximum Gasteiger partial charge on any atom is 0.292 e. The molecule has 4 nitrogen and oxygen atoms in total. The third-order valence-electron chi connectivity index (χ3n) is 1.94. The summed E-state index contributed by atoms with van der Waals surface area (Å²) >= 11 is 3.99. The predicted molar refractivity (Wildman–Crippen MR) is 65.0 cm³/mol. The van der Waals surface area contributed by atoms with E-state index in [2.05, 4.69) is 12.6 Å². The summed E-state index contributed by atoms with van der Waals surface area (Å²) in [6.07, 6.45) is 3.85. The van der Waals surface area contributed by atoms with Gasteiger partial charge in [-0.3, -0.25) is 10.1 Å². The maximum absolute atomic E-state index is 13.3. The lowest BCUT2D eigenvalue weighted by Crippen LogP contribution is -1.98. The average Bonchev–Trinajstić information content (AvgIpc) is 2.21. The number of benzene rings is 1. The maximum atomic E-state index is 13.3. The third-order valence-corrected chi connectivity index (χ3v) is 2.19. The van der Waals surface area contributed by atoms with Crippen molar-refractivity contribution in [1.82, 2.24) is 0 Å². The van der Waals surface area contributed by atoms with Crippen LogP contribution in [0, 0.1) is 15.9 Å². The summed E-state index contributed by atoms with van der Waals surface area (Å²) in [4.78, 5) is 9.95. The number of thiol groups is 1. The van der Waals surface area contributed by atoms with Gasteiger partial charge in [0.15, 0.2) is 0 Å². The molecule has 0 heterocycles. The van der Waals surface area contributed by atoms with Gasteiger partial charge in [-0.15, -0.1) is 0 Å². The molecule has 2 N–H and O–H groups in total. The standard InChI is InChI=1S/C10H11FN2O2S/c11-8-6-9(12)10(13(14)15)5-7(8)3-1-2-4-16/h1,3,5-6,16H,2,4,12H2. The molecule has 0 aliphatic heterocycles. The Morgan fingerprint density at radius 1 is 1.56 bits per heavy atom. The molecule has 0 unspecified atom stereocenters. The summed E-state index contributed by atoms with van der Waals surface area (Å²) in [5.41, 5.74) is 5.03. The highest BCUT2D eigenvalue weighted by molar-refractivity contribution is 7.80. The first kappa shape index (κ1) is 12.5. The monoisotopic (exact) mass is 242 g/mol. The van der Waals surface area contributed by atoms with Gasteiger partial charge in [-0.25, -0.2) is 4.39 Å². The van der Waals surface area contributed by atoms with Crippen LogP contribution in [-0.4, -0.2) is 10.7 Å². The van der Waals surface area contributed by atoms with E-state index in [0.717, 1.165) is 12.1 Å². The van der Waals surface area contributed by atoms with Crippen LogP contribution in [0.4, 0.5) is 15.8 Å². The van der Waals surface area contributed by atoms with Crippen molar-refractivity contribution in [2.45, 2.75) is 6.42 Å². The SMILES string of the molecule is Nc1cc(F)c(C=CCCS)cc1[N+](=O)[O-]. The highest BCUT2D eigenvalue weighted by Gasteiger charge is 2.14. The molecular weight excluding hydrogens is 231 g/mol. The van der Waals surface area contributed by atoms with E-state index in [1.807, 2.05) is 0 Å². The number of nitrogens with two attached hydrogens (primary N) is 1. The predicted octanol–water partition coefficient (Wildman–Crippen LogP) is 2.65. The van der Waals surface area contributed by atoms with Crippen LogP contribution in [-0.2, 0) is 0 Å². The zero-order valence-corrected chi connectivity index (χ0v) is 9.28. The summed E-state index contributed by atoms with van der Waals surface area (Å²) in [7, 11) is 0. The Kier molecular flexibility index (Phi) is 4.30. The summed E-state index contributed by atoms with van der Waals surface area (Å²) < 4.78 is 13.3. The number of hydrogen-bond acceptors (Lipinski definition) is 4. The van der Waals surface area contributed by atoms with E-state index in [1.54, 1.807) is 6.08 Å². The molecule has 0 aliphatic rings. The number of nitrogens with zero attached hydrogens (tertiary/aromatic N) is 1. The highest BCUT2D eigenvalue weighted by Crippen LogP contribution is 2.25. The van der Waals surface area contributed by atoms with Crippen molar-refractivity contribution < 1.29 is 9.31 Å². The zero-order chi connectivity index (χ0) is 12.1. The Morgan fingerprint density at radius 3 is 2.81 bits per heavy atom. The number of halogens is 1. The number of hydrogen-bond donors (Lipinski definition) is 2. The molecule has 0 atom stereocenters. The molecule has 1 rings (SSSR count). The van der Waals surface area contributed by atoms with Crippen molar-refractivity contribution in [3.8, 4) is 0 Å². The Morgan fingerprint density at radius 2 is 2.25 bits per heavy atom. The number of nitro benzene ring substituents is 1. The minimum atomic E-state index is -0.634. The Bertz CT molecular complexity index is 435. The fourth-order valence-corrected chi connectivity index (χ4v) is 1.31. The van der Waals surface area contributed by atoms with Crippen molar-refractivity contribution in [3.05, 3.63) is 39.7 Å². The van der Waals surface area contributed by atoms with Crippen LogP contribution in [0.3, 0.4) is 0 Å². The Balaban J connectivity index is 3.09. The molecule has 0 aliphatic carbocycles. The average molecular weight is 242 g/mol.